The smallest absolute Gasteiger partial charge is 0.410 e. The Balaban J connectivity index is 1.23. The molecule has 4 aromatic rings. The number of anilines is 1. The molecule has 1 fully saturated rings. The van der Waals surface area contributed by atoms with Crippen LogP contribution < -0.4 is 10.4 Å². The highest BCUT2D eigenvalue weighted by molar-refractivity contribution is 7.18. The number of fused-ring (bicyclic) bond motifs is 1. The topological polar surface area (TPSA) is 96.9 Å². The number of ether oxygens (including phenoxy) is 1. The minimum absolute atomic E-state index is 0.249. The summed E-state index contributed by atoms with van der Waals surface area (Å²) in [7, 11) is 2.06. The Morgan fingerprint density at radius 1 is 1.05 bits per heavy atom. The first-order valence-corrected chi connectivity index (χ1v) is 14.6. The normalized spacial score (nSPS) is 14.2. The van der Waals surface area contributed by atoms with E-state index in [2.05, 4.69) is 32.8 Å². The zero-order valence-electron chi connectivity index (χ0n) is 23.8. The fourth-order valence-electron chi connectivity index (χ4n) is 4.85. The average Bonchev–Trinajstić information content (AvgIpc) is 3.41. The Bertz CT molecular complexity index is 1490. The largest absolute Gasteiger partial charge is 0.444 e. The second-order valence-electron chi connectivity index (χ2n) is 11.1. The lowest BCUT2D eigenvalue weighted by Gasteiger charge is -2.37. The maximum absolute atomic E-state index is 12.5. The van der Waals surface area contributed by atoms with E-state index in [1.807, 2.05) is 63.2 Å². The number of hydroxylamine groups is 1. The Kier molecular flexibility index (Phi) is 8.51. The van der Waals surface area contributed by atoms with Crippen LogP contribution in [-0.2, 0) is 16.2 Å². The number of benzene rings is 2. The fraction of sp³-hybridized carbons (Fsp3) is 0.355. The summed E-state index contributed by atoms with van der Waals surface area (Å²) < 4.78 is 6.55. The van der Waals surface area contributed by atoms with Crippen LogP contribution in [0.15, 0.2) is 66.3 Å². The number of piperidine rings is 1. The summed E-state index contributed by atoms with van der Waals surface area (Å²) in [6.45, 7) is 7.24. The number of likely N-dealkylation sites (tertiary alicyclic amines) is 1. The van der Waals surface area contributed by atoms with Gasteiger partial charge in [0, 0.05) is 42.7 Å². The van der Waals surface area contributed by atoms with Gasteiger partial charge in [-0.15, -0.1) is 11.3 Å². The molecule has 0 spiro atoms. The van der Waals surface area contributed by atoms with Gasteiger partial charge >= 0.3 is 6.09 Å². The molecule has 0 aliphatic carbocycles. The molecule has 0 atom stereocenters. The third-order valence-electron chi connectivity index (χ3n) is 7.04. The fourth-order valence-corrected chi connectivity index (χ4v) is 5.91. The van der Waals surface area contributed by atoms with E-state index in [0.29, 0.717) is 25.3 Å². The molecule has 2 aromatic heterocycles. The predicted octanol–water partition coefficient (Wildman–Crippen LogP) is 6.06. The molecule has 10 heteroatoms. The number of nitrogens with zero attached hydrogens (tertiary/aromatic N) is 4. The quantitative estimate of drug-likeness (QED) is 0.269. The van der Waals surface area contributed by atoms with Crippen molar-refractivity contribution in [3.63, 3.8) is 0 Å². The van der Waals surface area contributed by atoms with Gasteiger partial charge in [-0.3, -0.25) is 9.63 Å². The highest BCUT2D eigenvalue weighted by Crippen LogP contribution is 2.37. The van der Waals surface area contributed by atoms with Crippen molar-refractivity contribution >= 4 is 39.4 Å². The number of thiophene rings is 1. The van der Waals surface area contributed by atoms with Gasteiger partial charge < -0.3 is 14.5 Å². The maximum atomic E-state index is 12.5. The van der Waals surface area contributed by atoms with Crippen molar-refractivity contribution in [2.24, 2.45) is 0 Å². The van der Waals surface area contributed by atoms with Gasteiger partial charge in [0.2, 0.25) is 0 Å². The van der Waals surface area contributed by atoms with E-state index in [9.17, 15) is 9.59 Å². The van der Waals surface area contributed by atoms with Crippen molar-refractivity contribution in [2.45, 2.75) is 51.9 Å². The molecule has 214 valence electrons. The van der Waals surface area contributed by atoms with Crippen molar-refractivity contribution in [2.75, 3.05) is 25.0 Å². The highest BCUT2D eigenvalue weighted by atomic mass is 32.1. The van der Waals surface area contributed by atoms with Crippen molar-refractivity contribution in [3.8, 4) is 11.1 Å². The van der Waals surface area contributed by atoms with Crippen LogP contribution in [0.2, 0.25) is 0 Å². The third-order valence-corrected chi connectivity index (χ3v) is 8.00. The number of hydrogen-bond acceptors (Lipinski definition) is 8. The molecule has 1 aliphatic rings. The van der Waals surface area contributed by atoms with E-state index in [-0.39, 0.29) is 18.0 Å². The Morgan fingerprint density at radius 3 is 2.44 bits per heavy atom. The van der Waals surface area contributed by atoms with E-state index in [4.69, 9.17) is 9.57 Å². The standard InChI is InChI=1S/C31H35N5O4S/c1-31(2,3)40-30(38)36-16-14-24(15-17-36)35(4)28-27-26(32-20-33-28)25(19-41-27)22-10-12-23(13-11-22)29(37)34-39-18-21-8-6-5-7-9-21/h5-13,19-20,24H,14-18H2,1-4H3,(H,34,37). The number of aromatic nitrogens is 2. The summed E-state index contributed by atoms with van der Waals surface area (Å²) in [6, 6.07) is 17.3. The van der Waals surface area contributed by atoms with E-state index in [0.717, 1.165) is 45.6 Å². The molecule has 0 unspecified atom stereocenters. The van der Waals surface area contributed by atoms with Crippen LogP contribution in [0.4, 0.5) is 10.6 Å². The number of amides is 2. The van der Waals surface area contributed by atoms with Gasteiger partial charge in [-0.05, 0) is 56.9 Å². The van der Waals surface area contributed by atoms with Crippen molar-refractivity contribution in [1.29, 1.82) is 0 Å². The number of carbonyl (C=O) groups excluding carboxylic acids is 2. The molecule has 1 N–H and O–H groups in total. The van der Waals surface area contributed by atoms with Crippen LogP contribution in [0, 0.1) is 0 Å². The van der Waals surface area contributed by atoms with E-state index in [1.165, 1.54) is 0 Å². The molecule has 0 saturated carbocycles. The molecular formula is C31H35N5O4S. The summed E-state index contributed by atoms with van der Waals surface area (Å²) in [6.07, 6.45) is 3.01. The lowest BCUT2D eigenvalue weighted by Crippen LogP contribution is -2.47. The summed E-state index contributed by atoms with van der Waals surface area (Å²) in [5.41, 5.74) is 6.33. The SMILES string of the molecule is CN(c1ncnc2c(-c3ccc(C(=O)NOCc4ccccc4)cc3)csc12)C1CCN(C(=O)OC(C)(C)C)CC1. The molecule has 3 heterocycles. The molecular weight excluding hydrogens is 538 g/mol. The van der Waals surface area contributed by atoms with Crippen LogP contribution >= 0.6 is 11.3 Å². The first kappa shape index (κ1) is 28.5. The molecule has 1 saturated heterocycles. The predicted molar refractivity (Wildman–Crippen MR) is 161 cm³/mol. The maximum Gasteiger partial charge on any atom is 0.410 e. The summed E-state index contributed by atoms with van der Waals surface area (Å²) in [5.74, 6) is 0.583. The second kappa shape index (κ2) is 12.2. The zero-order valence-corrected chi connectivity index (χ0v) is 24.6. The first-order chi connectivity index (χ1) is 19.7. The monoisotopic (exact) mass is 573 g/mol. The van der Waals surface area contributed by atoms with Gasteiger partial charge in [0.1, 0.15) is 17.7 Å². The van der Waals surface area contributed by atoms with Crippen molar-refractivity contribution in [1.82, 2.24) is 20.3 Å². The van der Waals surface area contributed by atoms with Gasteiger partial charge in [-0.2, -0.15) is 0 Å². The van der Waals surface area contributed by atoms with Gasteiger partial charge in [-0.1, -0.05) is 42.5 Å². The molecule has 2 amide bonds. The van der Waals surface area contributed by atoms with Crippen LogP contribution in [0.5, 0.6) is 0 Å². The van der Waals surface area contributed by atoms with Crippen LogP contribution in [-0.4, -0.2) is 58.6 Å². The molecule has 0 bridgehead atoms. The molecule has 0 radical (unpaired) electrons. The second-order valence-corrected chi connectivity index (χ2v) is 12.0. The molecule has 2 aromatic carbocycles. The molecule has 9 nitrogen and oxygen atoms in total. The van der Waals surface area contributed by atoms with Gasteiger partial charge in [-0.25, -0.2) is 20.2 Å². The number of nitrogens with one attached hydrogen (secondary N) is 1. The van der Waals surface area contributed by atoms with Crippen LogP contribution in [0.3, 0.4) is 0 Å². The summed E-state index contributed by atoms with van der Waals surface area (Å²) in [5, 5.41) is 2.08. The van der Waals surface area contributed by atoms with Gasteiger partial charge in [0.05, 0.1) is 16.8 Å². The lowest BCUT2D eigenvalue weighted by atomic mass is 10.0. The lowest BCUT2D eigenvalue weighted by molar-refractivity contribution is 0.0204. The van der Waals surface area contributed by atoms with Crippen LogP contribution in [0.1, 0.15) is 49.5 Å². The van der Waals surface area contributed by atoms with Gasteiger partial charge in [0.25, 0.3) is 5.91 Å². The zero-order chi connectivity index (χ0) is 29.0. The van der Waals surface area contributed by atoms with E-state index in [1.54, 1.807) is 34.7 Å². The Labute approximate surface area is 244 Å². The minimum atomic E-state index is -0.502. The van der Waals surface area contributed by atoms with E-state index < -0.39 is 5.60 Å². The van der Waals surface area contributed by atoms with Gasteiger partial charge in [0.15, 0.2) is 0 Å². The Hall–Kier alpha value is -4.02. The Morgan fingerprint density at radius 2 is 1.76 bits per heavy atom. The number of hydrogen-bond donors (Lipinski definition) is 1. The summed E-state index contributed by atoms with van der Waals surface area (Å²) in [4.78, 5) is 43.6. The van der Waals surface area contributed by atoms with Crippen LogP contribution in [0.25, 0.3) is 21.3 Å². The molecule has 41 heavy (non-hydrogen) atoms. The average molecular weight is 574 g/mol. The van der Waals surface area contributed by atoms with E-state index >= 15 is 0 Å². The highest BCUT2D eigenvalue weighted by Gasteiger charge is 2.30. The first-order valence-electron chi connectivity index (χ1n) is 13.7. The van der Waals surface area contributed by atoms with Crippen molar-refractivity contribution < 1.29 is 19.2 Å². The number of rotatable bonds is 7. The van der Waals surface area contributed by atoms with Crippen molar-refractivity contribution in [3.05, 3.63) is 77.4 Å². The minimum Gasteiger partial charge on any atom is -0.444 e. The molecule has 5 rings (SSSR count). The third kappa shape index (κ3) is 6.83. The molecule has 1 aliphatic heterocycles. The summed E-state index contributed by atoms with van der Waals surface area (Å²) >= 11 is 1.61. The number of carbonyl (C=O) groups is 2.